The van der Waals surface area contributed by atoms with E-state index >= 15 is 0 Å². The minimum absolute atomic E-state index is 0.000242. The van der Waals surface area contributed by atoms with E-state index in [4.69, 9.17) is 9.52 Å². The molecule has 94 valence electrons. The highest BCUT2D eigenvalue weighted by molar-refractivity contribution is 5.90. The normalized spacial score (nSPS) is 12.2. The van der Waals surface area contributed by atoms with Crippen LogP contribution in [0.15, 0.2) is 4.42 Å². The molecule has 0 aromatic carbocycles. The third kappa shape index (κ3) is 3.05. The van der Waals surface area contributed by atoms with Gasteiger partial charge >= 0.3 is 11.9 Å². The lowest BCUT2D eigenvalue weighted by Crippen LogP contribution is -2.36. The number of carbonyl (C=O) groups excluding carboxylic acids is 1. The average molecular weight is 240 g/mol. The molecule has 0 aliphatic rings. The van der Waals surface area contributed by atoms with Crippen molar-refractivity contribution < 1.29 is 19.1 Å². The summed E-state index contributed by atoms with van der Waals surface area (Å²) < 4.78 is 5.20. The Balaban J connectivity index is 2.79. The summed E-state index contributed by atoms with van der Waals surface area (Å²) in [6, 6.07) is -0.410. The van der Waals surface area contributed by atoms with E-state index in [1.54, 1.807) is 20.8 Å². The van der Waals surface area contributed by atoms with Crippen LogP contribution in [0.4, 0.5) is 0 Å². The number of hydrogen-bond donors (Lipinski definition) is 1. The van der Waals surface area contributed by atoms with Crippen molar-refractivity contribution >= 4 is 11.9 Å². The second kappa shape index (κ2) is 4.99. The van der Waals surface area contributed by atoms with Gasteiger partial charge in [-0.25, -0.2) is 4.98 Å². The number of rotatable bonds is 4. The molecule has 1 aromatic heterocycles. The summed E-state index contributed by atoms with van der Waals surface area (Å²) in [5.41, 5.74) is 0.660. The number of aliphatic carboxylic acids is 1. The Kier molecular flexibility index (Phi) is 3.88. The molecule has 0 aliphatic carbocycles. The molecule has 0 saturated carbocycles. The van der Waals surface area contributed by atoms with Crippen molar-refractivity contribution in [3.8, 4) is 0 Å². The van der Waals surface area contributed by atoms with Gasteiger partial charge in [0.25, 0.3) is 5.89 Å². The molecule has 0 spiro atoms. The molecule has 1 heterocycles. The minimum Gasteiger partial charge on any atom is -0.481 e. The van der Waals surface area contributed by atoms with Gasteiger partial charge in [-0.3, -0.25) is 9.59 Å². The van der Waals surface area contributed by atoms with Gasteiger partial charge in [-0.15, -0.1) is 0 Å². The summed E-state index contributed by atoms with van der Waals surface area (Å²) in [5, 5.41) is 8.66. The molecule has 6 heteroatoms. The number of aromatic nitrogens is 1. The van der Waals surface area contributed by atoms with Crippen LogP contribution in [0.2, 0.25) is 0 Å². The zero-order valence-corrected chi connectivity index (χ0v) is 10.4. The summed E-state index contributed by atoms with van der Waals surface area (Å²) in [4.78, 5) is 27.8. The van der Waals surface area contributed by atoms with Crippen molar-refractivity contribution in [1.82, 2.24) is 9.88 Å². The number of nitrogens with zero attached hydrogens (tertiary/aromatic N) is 2. The molecule has 1 aromatic rings. The van der Waals surface area contributed by atoms with E-state index < -0.39 is 17.9 Å². The number of carboxylic acid groups (broad SMARTS) is 1. The predicted molar refractivity (Wildman–Crippen MR) is 59.8 cm³/mol. The lowest BCUT2D eigenvalue weighted by molar-refractivity contribution is -0.137. The summed E-state index contributed by atoms with van der Waals surface area (Å²) in [6.45, 7) is 5.13. The van der Waals surface area contributed by atoms with Gasteiger partial charge in [0.15, 0.2) is 0 Å². The third-order valence-corrected chi connectivity index (χ3v) is 2.66. The van der Waals surface area contributed by atoms with Crippen LogP contribution >= 0.6 is 0 Å². The Bertz CT molecular complexity index is 419. The molecule has 6 nitrogen and oxygen atoms in total. The quantitative estimate of drug-likeness (QED) is 0.855. The topological polar surface area (TPSA) is 83.6 Å². The molecular formula is C11H16N2O4. The van der Waals surface area contributed by atoms with Crippen LogP contribution in [0.3, 0.4) is 0 Å². The van der Waals surface area contributed by atoms with Crippen LogP contribution in [0.5, 0.6) is 0 Å². The third-order valence-electron chi connectivity index (χ3n) is 2.66. The summed E-state index contributed by atoms with van der Waals surface area (Å²) in [5.74, 6) is -0.765. The predicted octanol–water partition coefficient (Wildman–Crippen LogP) is 1.23. The van der Waals surface area contributed by atoms with E-state index in [-0.39, 0.29) is 12.3 Å². The maximum Gasteiger partial charge on any atom is 0.309 e. The average Bonchev–Trinajstić information content (AvgIpc) is 2.56. The lowest BCUT2D eigenvalue weighted by Gasteiger charge is -2.21. The van der Waals surface area contributed by atoms with Crippen molar-refractivity contribution in [2.75, 3.05) is 7.05 Å². The Morgan fingerprint density at radius 1 is 1.47 bits per heavy atom. The fourth-order valence-electron chi connectivity index (χ4n) is 1.30. The lowest BCUT2D eigenvalue weighted by atomic mass is 10.2. The maximum atomic E-state index is 11.9. The van der Waals surface area contributed by atoms with Crippen molar-refractivity contribution in [3.63, 3.8) is 0 Å². The fraction of sp³-hybridized carbons (Fsp3) is 0.545. The first-order chi connectivity index (χ1) is 7.82. The Hall–Kier alpha value is -1.85. The molecule has 1 atom stereocenters. The monoisotopic (exact) mass is 240 g/mol. The van der Waals surface area contributed by atoms with E-state index in [1.165, 1.54) is 11.9 Å². The molecule has 17 heavy (non-hydrogen) atoms. The molecule has 0 fully saturated rings. The highest BCUT2D eigenvalue weighted by Gasteiger charge is 2.23. The molecule has 1 N–H and O–H groups in total. The van der Waals surface area contributed by atoms with Crippen LogP contribution in [-0.2, 0) is 4.79 Å². The Morgan fingerprint density at radius 3 is 2.47 bits per heavy atom. The van der Waals surface area contributed by atoms with Gasteiger partial charge in [-0.2, -0.15) is 0 Å². The summed E-state index contributed by atoms with van der Waals surface area (Å²) in [7, 11) is 1.53. The number of carbonyl (C=O) groups is 2. The van der Waals surface area contributed by atoms with Crippen LogP contribution in [-0.4, -0.2) is 40.0 Å². The SMILES string of the molecule is Cc1nc(C(=O)N(C)C(C)CC(=O)O)oc1C. The van der Waals surface area contributed by atoms with E-state index in [0.29, 0.717) is 11.5 Å². The molecule has 0 aliphatic heterocycles. The van der Waals surface area contributed by atoms with Crippen LogP contribution in [0, 0.1) is 13.8 Å². The number of amides is 1. The maximum absolute atomic E-state index is 11.9. The van der Waals surface area contributed by atoms with Crippen LogP contribution in [0.1, 0.15) is 35.5 Å². The standard InChI is InChI=1S/C11H16N2O4/c1-6(5-9(14)15)13(4)11(16)10-12-7(2)8(3)17-10/h6H,5H2,1-4H3,(H,14,15). The van der Waals surface area contributed by atoms with Gasteiger partial charge in [0.05, 0.1) is 12.1 Å². The highest BCUT2D eigenvalue weighted by Crippen LogP contribution is 2.12. The minimum atomic E-state index is -0.947. The number of oxazole rings is 1. The number of carboxylic acids is 1. The number of hydrogen-bond acceptors (Lipinski definition) is 4. The zero-order chi connectivity index (χ0) is 13.2. The van der Waals surface area contributed by atoms with E-state index in [1.807, 2.05) is 0 Å². The molecule has 0 saturated heterocycles. The first-order valence-corrected chi connectivity index (χ1v) is 5.26. The van der Waals surface area contributed by atoms with E-state index in [2.05, 4.69) is 4.98 Å². The largest absolute Gasteiger partial charge is 0.481 e. The van der Waals surface area contributed by atoms with Gasteiger partial charge < -0.3 is 14.4 Å². The Morgan fingerprint density at radius 2 is 2.06 bits per heavy atom. The molecule has 1 unspecified atom stereocenters. The Labute approximate surface area is 99.2 Å². The second-order valence-electron chi connectivity index (χ2n) is 4.02. The van der Waals surface area contributed by atoms with Gasteiger partial charge in [-0.1, -0.05) is 0 Å². The summed E-state index contributed by atoms with van der Waals surface area (Å²) in [6.07, 6.45) is -0.110. The first-order valence-electron chi connectivity index (χ1n) is 5.26. The smallest absolute Gasteiger partial charge is 0.309 e. The van der Waals surface area contributed by atoms with Crippen molar-refractivity contribution in [1.29, 1.82) is 0 Å². The molecule has 0 bridgehead atoms. The highest BCUT2D eigenvalue weighted by atomic mass is 16.4. The van der Waals surface area contributed by atoms with Gasteiger partial charge in [-0.05, 0) is 20.8 Å². The zero-order valence-electron chi connectivity index (χ0n) is 10.4. The van der Waals surface area contributed by atoms with Gasteiger partial charge in [0, 0.05) is 13.1 Å². The van der Waals surface area contributed by atoms with Gasteiger partial charge in [0.1, 0.15) is 5.76 Å². The van der Waals surface area contributed by atoms with E-state index in [9.17, 15) is 9.59 Å². The van der Waals surface area contributed by atoms with Crippen LogP contribution < -0.4 is 0 Å². The summed E-state index contributed by atoms with van der Waals surface area (Å²) >= 11 is 0. The van der Waals surface area contributed by atoms with Crippen LogP contribution in [0.25, 0.3) is 0 Å². The fourth-order valence-corrected chi connectivity index (χ4v) is 1.30. The van der Waals surface area contributed by atoms with Crippen molar-refractivity contribution in [2.24, 2.45) is 0 Å². The molecule has 1 amide bonds. The second-order valence-corrected chi connectivity index (χ2v) is 4.02. The van der Waals surface area contributed by atoms with Crippen molar-refractivity contribution in [3.05, 3.63) is 17.3 Å². The molecule has 0 radical (unpaired) electrons. The molecular weight excluding hydrogens is 224 g/mol. The van der Waals surface area contributed by atoms with E-state index in [0.717, 1.165) is 0 Å². The molecule has 1 rings (SSSR count). The number of aryl methyl sites for hydroxylation is 2. The first kappa shape index (κ1) is 13.2. The van der Waals surface area contributed by atoms with Crippen molar-refractivity contribution in [2.45, 2.75) is 33.2 Å². The van der Waals surface area contributed by atoms with Gasteiger partial charge in [0.2, 0.25) is 0 Å².